The number of hydrogen-bond acceptors (Lipinski definition) is 16. The van der Waals surface area contributed by atoms with E-state index in [9.17, 15) is 71.4 Å². The average Bonchev–Trinajstić information content (AvgIpc) is 1.59. The van der Waals surface area contributed by atoms with E-state index < -0.39 is 82.4 Å². The number of rotatable bonds is 28. The highest BCUT2D eigenvalue weighted by molar-refractivity contribution is 7.87. The van der Waals surface area contributed by atoms with Crippen molar-refractivity contribution in [2.45, 2.75) is 97.6 Å². The number of likely N-dealkylation sites (N-methyl/N-ethyl adjacent to an activating group) is 1. The summed E-state index contributed by atoms with van der Waals surface area (Å²) in [6.45, 7) is 13.5. The lowest BCUT2D eigenvalue weighted by Crippen LogP contribution is -2.38. The third kappa shape index (κ3) is 14.9. The van der Waals surface area contributed by atoms with Gasteiger partial charge in [0.2, 0.25) is 11.6 Å². The lowest BCUT2D eigenvalue weighted by Gasteiger charge is -2.26. The van der Waals surface area contributed by atoms with Gasteiger partial charge in [-0.15, -0.1) is 0 Å². The number of benzene rings is 6. The first-order chi connectivity index (χ1) is 44.7. The molecule has 6 N–H and O–H groups in total. The molecule has 0 spiro atoms. The van der Waals surface area contributed by atoms with Crippen molar-refractivity contribution in [1.82, 2.24) is 9.88 Å². The van der Waals surface area contributed by atoms with Crippen molar-refractivity contribution in [3.8, 4) is 5.75 Å². The minimum absolute atomic E-state index is 0.0109. The summed E-state index contributed by atoms with van der Waals surface area (Å²) in [6.07, 6.45) is 10.6. The van der Waals surface area contributed by atoms with Gasteiger partial charge in [-0.2, -0.15) is 38.2 Å². The number of aryl methyl sites for hydroxylation is 2. The Kier molecular flexibility index (Phi) is 21.3. The van der Waals surface area contributed by atoms with Crippen LogP contribution in [0.4, 0.5) is 17.1 Å². The zero-order valence-corrected chi connectivity index (χ0v) is 56.7. The van der Waals surface area contributed by atoms with E-state index in [1.165, 1.54) is 27.7 Å². The summed E-state index contributed by atoms with van der Waals surface area (Å²) in [5, 5.41) is 15.1. The number of carbonyl (C=O) groups is 2. The number of nitrogens with zero attached hydrogens (tertiary/aromatic N) is 4. The molecule has 0 aliphatic carbocycles. The molecule has 3 heterocycles. The van der Waals surface area contributed by atoms with Crippen molar-refractivity contribution in [2.24, 2.45) is 7.05 Å². The fourth-order valence-electron chi connectivity index (χ4n) is 12.8. The molecule has 95 heavy (non-hydrogen) atoms. The largest absolute Gasteiger partial charge is 0.506 e. The van der Waals surface area contributed by atoms with Gasteiger partial charge in [-0.1, -0.05) is 75.4 Å². The molecule has 2 aliphatic rings. The maximum absolute atomic E-state index is 14.1. The van der Waals surface area contributed by atoms with E-state index in [0.717, 1.165) is 17.3 Å². The minimum atomic E-state index is -5.02. The summed E-state index contributed by atoms with van der Waals surface area (Å²) in [5.41, 5.74) is 2.65. The summed E-state index contributed by atoms with van der Waals surface area (Å²) in [4.78, 5) is 41.3. The van der Waals surface area contributed by atoms with Crippen molar-refractivity contribution >= 4 is 108 Å². The first kappa shape index (κ1) is 71.3. The fourth-order valence-corrected chi connectivity index (χ4v) is 15.4. The molecule has 0 unspecified atom stereocenters. The molecule has 28 heteroatoms. The van der Waals surface area contributed by atoms with Crippen LogP contribution in [0.3, 0.4) is 0 Å². The van der Waals surface area contributed by atoms with Crippen LogP contribution in [0.1, 0.15) is 87.9 Å². The van der Waals surface area contributed by atoms with E-state index in [4.69, 9.17) is 14.2 Å². The smallest absolute Gasteiger partial charge is 0.295 e. The van der Waals surface area contributed by atoms with E-state index in [2.05, 4.69) is 5.32 Å². The Morgan fingerprint density at radius 1 is 0.653 bits per heavy atom. The molecule has 9 rings (SSSR count). The Morgan fingerprint density at radius 2 is 1.24 bits per heavy atom. The average molecular weight is 1380 g/mol. The molecule has 0 saturated heterocycles. The molecule has 506 valence electrons. The first-order valence-corrected chi connectivity index (χ1v) is 36.3. The number of unbranched alkanes of at least 4 members (excludes halogenated alkanes) is 1. The number of para-hydroxylation sites is 1. The van der Waals surface area contributed by atoms with Gasteiger partial charge >= 0.3 is 0 Å². The second-order valence-corrected chi connectivity index (χ2v) is 29.5. The fraction of sp³-hybridized carbons (Fsp3) is 0.343. The van der Waals surface area contributed by atoms with E-state index >= 15 is 0 Å². The third-order valence-electron chi connectivity index (χ3n) is 17.2. The van der Waals surface area contributed by atoms with Gasteiger partial charge < -0.3 is 39.0 Å². The number of hydrogen-bond donors (Lipinski definition) is 6. The molecule has 7 aromatic rings. The van der Waals surface area contributed by atoms with Gasteiger partial charge in [-0.05, 0) is 116 Å². The Labute approximate surface area is 551 Å². The molecule has 2 aliphatic heterocycles. The van der Waals surface area contributed by atoms with Crippen molar-refractivity contribution in [2.75, 3.05) is 75.6 Å². The number of carbonyl (C=O) groups excluding carboxylic acids is 2. The Morgan fingerprint density at radius 3 is 1.83 bits per heavy atom. The number of aromatic nitrogens is 1. The summed E-state index contributed by atoms with van der Waals surface area (Å²) in [5.74, 6) is -1.25. The monoisotopic (exact) mass is 1380 g/mol. The van der Waals surface area contributed by atoms with Crippen LogP contribution in [0.15, 0.2) is 158 Å². The SMILES string of the molecule is CCc1cccc2c1c(O)c(C(=O)N(CCOCCOCCOCCNC(=O)CCCC[N+]1=C(C=CC=CC=C3N(CC)c4ccc5c(S(=O)(=O)O)cc(S(=O)(=O)O)cc5c4C3(C)C)C(C)(C)c3c1ccc1c(S(=O)(=O)O)cc(S(=O)(=O)O)cc31)c1ccccc1)c(=O)n2C. The molecule has 6 aromatic carbocycles. The molecular weight excluding hydrogens is 1310 g/mol. The Hall–Kier alpha value is -8.00. The van der Waals surface area contributed by atoms with Crippen LogP contribution >= 0.6 is 0 Å². The number of fused-ring (bicyclic) bond motifs is 7. The molecule has 0 radical (unpaired) electrons. The van der Waals surface area contributed by atoms with E-state index in [1.54, 1.807) is 79.9 Å². The quantitative estimate of drug-likeness (QED) is 0.0115. The van der Waals surface area contributed by atoms with Gasteiger partial charge in [-0.25, -0.2) is 0 Å². The van der Waals surface area contributed by atoms with Gasteiger partial charge in [0.05, 0.1) is 60.4 Å². The highest BCUT2D eigenvalue weighted by Crippen LogP contribution is 2.52. The van der Waals surface area contributed by atoms with Crippen LogP contribution in [0.25, 0.3) is 32.4 Å². The van der Waals surface area contributed by atoms with Gasteiger partial charge in [0.25, 0.3) is 51.9 Å². The van der Waals surface area contributed by atoms with Crippen LogP contribution in [-0.4, -0.2) is 149 Å². The number of anilines is 2. The number of amides is 2. The molecule has 0 saturated carbocycles. The molecule has 0 fully saturated rings. The predicted molar refractivity (Wildman–Crippen MR) is 360 cm³/mol. The standard InChI is InChI=1S/C67H75N5O19S4/c1-8-43-19-18-22-51-59(43)63(74)60(64(75)69(51)7)65(76)71(44-20-12-10-13-21-44)32-34-90-36-38-91-37-35-89-33-30-68-58(73)25-16-17-31-72-53-29-27-48-50(40-46(93(80,81)82)42-55(48)95(86,87)88)62(53)67(5,6)57(72)24-15-11-14-23-56-66(3,4)61-49-39-45(92(77,78)79)41-54(94(83,84)85)47(49)26-28-52(61)70(56)9-2/h10-15,18-24,26-29,39-42H,8-9,16-17,25,30-38H2,1-7H3,(H5-,68,73,74,75,76,77,78,79,80,81,82,83,84,85,86,87,88)/p+1. The molecule has 1 aromatic heterocycles. The Balaban J connectivity index is 0.815. The highest BCUT2D eigenvalue weighted by atomic mass is 32.2. The maximum Gasteiger partial charge on any atom is 0.295 e. The van der Waals surface area contributed by atoms with Crippen LogP contribution in [-0.2, 0) is 83.8 Å². The first-order valence-electron chi connectivity index (χ1n) is 30.6. The number of allylic oxidation sites excluding steroid dienone is 6. The topological polar surface area (TPSA) is 343 Å². The normalized spacial score (nSPS) is 15.3. The summed E-state index contributed by atoms with van der Waals surface area (Å²) in [6, 6.07) is 24.2. The van der Waals surface area contributed by atoms with Gasteiger partial charge in [0.15, 0.2) is 5.71 Å². The molecule has 0 bridgehead atoms. The lowest BCUT2D eigenvalue weighted by atomic mass is 9.79. The van der Waals surface area contributed by atoms with Crippen LogP contribution in [0.2, 0.25) is 0 Å². The number of nitrogens with one attached hydrogen (secondary N) is 1. The van der Waals surface area contributed by atoms with Crippen molar-refractivity contribution in [1.29, 1.82) is 0 Å². The van der Waals surface area contributed by atoms with Crippen LogP contribution < -0.4 is 20.7 Å². The van der Waals surface area contributed by atoms with Crippen molar-refractivity contribution in [3.63, 3.8) is 0 Å². The van der Waals surface area contributed by atoms with E-state index in [-0.39, 0.29) is 97.9 Å². The zero-order chi connectivity index (χ0) is 69.2. The summed E-state index contributed by atoms with van der Waals surface area (Å²) in [7, 11) is -18.3. The third-order valence-corrected chi connectivity index (χ3v) is 20.6. The molecule has 24 nitrogen and oxygen atoms in total. The zero-order valence-electron chi connectivity index (χ0n) is 53.4. The second kappa shape index (κ2) is 28.4. The van der Waals surface area contributed by atoms with Crippen molar-refractivity contribution in [3.05, 3.63) is 166 Å². The van der Waals surface area contributed by atoms with Gasteiger partial charge in [0, 0.05) is 95.9 Å². The minimum Gasteiger partial charge on any atom is -0.506 e. The lowest BCUT2D eigenvalue weighted by molar-refractivity contribution is -0.438. The van der Waals surface area contributed by atoms with Crippen LogP contribution in [0, 0.1) is 0 Å². The molecular formula is C67H76N5O19S4+. The summed E-state index contributed by atoms with van der Waals surface area (Å²) < 4.78 is 162. The predicted octanol–water partition coefficient (Wildman–Crippen LogP) is 8.97. The number of ether oxygens (including phenoxy) is 3. The van der Waals surface area contributed by atoms with Crippen LogP contribution in [0.5, 0.6) is 5.75 Å². The van der Waals surface area contributed by atoms with Crippen molar-refractivity contribution < 1.29 is 85.4 Å². The molecule has 2 amide bonds. The highest BCUT2D eigenvalue weighted by Gasteiger charge is 2.47. The van der Waals surface area contributed by atoms with E-state index in [1.807, 2.05) is 69.2 Å². The second-order valence-electron chi connectivity index (χ2n) is 23.9. The molecule has 0 atom stereocenters. The van der Waals surface area contributed by atoms with Gasteiger partial charge in [0.1, 0.15) is 27.6 Å². The van der Waals surface area contributed by atoms with E-state index in [0.29, 0.717) is 89.3 Å². The maximum atomic E-state index is 14.1. The Bertz CT molecular complexity index is 4870. The number of pyridine rings is 1. The summed E-state index contributed by atoms with van der Waals surface area (Å²) >= 11 is 0. The number of aromatic hydroxyl groups is 1. The van der Waals surface area contributed by atoms with Gasteiger partial charge in [-0.3, -0.25) is 32.6 Å².